The lowest BCUT2D eigenvalue weighted by Crippen LogP contribution is -2.57. The van der Waals surface area contributed by atoms with Crippen molar-refractivity contribution in [1.29, 1.82) is 0 Å². The molecule has 10 heteroatoms. The Balaban J connectivity index is 5.46. The Kier molecular flexibility index (Phi) is 8.91. The Morgan fingerprint density at radius 1 is 0.688 bits per heavy atom. The number of hydrogen-bond acceptors (Lipinski definition) is 1. The number of rotatable bonds is 5. The summed E-state index contributed by atoms with van der Waals surface area (Å²) >= 11 is 31.6. The van der Waals surface area contributed by atoms with Crippen LogP contribution in [0.5, 0.6) is 0 Å². The summed E-state index contributed by atoms with van der Waals surface area (Å²) in [6, 6.07) is 0. The first-order chi connectivity index (χ1) is 6.87. The van der Waals surface area contributed by atoms with Crippen LogP contribution in [0.2, 0.25) is 0 Å². The highest BCUT2D eigenvalue weighted by molar-refractivity contribution is 9.34. The zero-order chi connectivity index (χ0) is 13.4. The summed E-state index contributed by atoms with van der Waals surface area (Å²) < 4.78 is -2.73. The fraction of sp³-hybridized carbons (Fsp3) is 1.00. The third-order valence-corrected chi connectivity index (χ3v) is 18.9. The van der Waals surface area contributed by atoms with Crippen LogP contribution in [0.4, 0.5) is 0 Å². The Labute approximate surface area is 170 Å². The minimum atomic E-state index is -0.783. The predicted molar refractivity (Wildman–Crippen MR) is 103 cm³/mol. The lowest BCUT2D eigenvalue weighted by atomic mass is 10.2. The van der Waals surface area contributed by atoms with Gasteiger partial charge in [0, 0.05) is 5.33 Å². The molecule has 0 aromatic rings. The van der Waals surface area contributed by atoms with Crippen molar-refractivity contribution in [2.24, 2.45) is 0 Å². The Bertz CT molecular complexity index is 222. The van der Waals surface area contributed by atoms with Crippen LogP contribution in [0.15, 0.2) is 0 Å². The molecule has 0 amide bonds. The minimum absolute atomic E-state index is 0.138. The highest BCUT2D eigenvalue weighted by atomic mass is 79.9. The second kappa shape index (κ2) is 7.03. The van der Waals surface area contributed by atoms with Gasteiger partial charge in [-0.25, -0.2) is 0 Å². The maximum absolute atomic E-state index is 9.39. The molecule has 0 atom stereocenters. The van der Waals surface area contributed by atoms with E-state index in [0.29, 0.717) is 5.33 Å². The van der Waals surface area contributed by atoms with Gasteiger partial charge >= 0.3 is 0 Å². The van der Waals surface area contributed by atoms with Gasteiger partial charge in [-0.15, -0.1) is 0 Å². The van der Waals surface area contributed by atoms with E-state index in [9.17, 15) is 5.11 Å². The Morgan fingerprint density at radius 3 is 1.25 bits per heavy atom. The number of aliphatic hydroxyl groups is 1. The van der Waals surface area contributed by atoms with Crippen LogP contribution in [0.3, 0.4) is 0 Å². The van der Waals surface area contributed by atoms with Crippen LogP contribution in [-0.2, 0) is 0 Å². The first-order valence-corrected chi connectivity index (χ1v) is 11.0. The summed E-state index contributed by atoms with van der Waals surface area (Å²) in [6.07, 6.45) is 0. The summed E-state index contributed by atoms with van der Waals surface area (Å²) in [6.45, 7) is -0.138. The van der Waals surface area contributed by atoms with Crippen molar-refractivity contribution in [2.45, 2.75) is 12.9 Å². The molecule has 0 fully saturated rings. The molecule has 0 spiro atoms. The molecular formula is C6H5Br9O. The fourth-order valence-electron chi connectivity index (χ4n) is 0.643. The molecule has 0 saturated carbocycles. The second-order valence-electron chi connectivity index (χ2n) is 2.85. The summed E-state index contributed by atoms with van der Waals surface area (Å²) in [4.78, 5) is 0. The highest BCUT2D eigenvalue weighted by Crippen LogP contribution is 2.66. The van der Waals surface area contributed by atoms with Crippen LogP contribution >= 0.6 is 143 Å². The Morgan fingerprint density at radius 2 is 1.00 bits per heavy atom. The van der Waals surface area contributed by atoms with Gasteiger partial charge < -0.3 is 5.11 Å². The molecule has 0 radical (unpaired) electrons. The van der Waals surface area contributed by atoms with E-state index in [4.69, 9.17) is 0 Å². The topological polar surface area (TPSA) is 20.2 Å². The third-order valence-electron chi connectivity index (χ3n) is 1.68. The van der Waals surface area contributed by atoms with Gasteiger partial charge in [-0.1, -0.05) is 143 Å². The van der Waals surface area contributed by atoms with Crippen molar-refractivity contribution in [3.05, 3.63) is 0 Å². The molecule has 0 saturated heterocycles. The lowest BCUT2D eigenvalue weighted by Gasteiger charge is -2.47. The monoisotopic (exact) mass is 803 g/mol. The van der Waals surface area contributed by atoms with Gasteiger partial charge in [0.2, 0.25) is 0 Å². The quantitative estimate of drug-likeness (QED) is 0.323. The summed E-state index contributed by atoms with van der Waals surface area (Å²) in [5.74, 6) is 0. The fourth-order valence-corrected chi connectivity index (χ4v) is 7.02. The molecule has 1 nitrogen and oxygen atoms in total. The molecule has 0 aliphatic carbocycles. The first kappa shape index (κ1) is 20.3. The molecule has 0 heterocycles. The van der Waals surface area contributed by atoms with Crippen molar-refractivity contribution >= 4 is 143 Å². The summed E-state index contributed by atoms with van der Waals surface area (Å²) in [5.41, 5.74) is 0. The van der Waals surface area contributed by atoms with Crippen LogP contribution in [0.25, 0.3) is 0 Å². The summed E-state index contributed by atoms with van der Waals surface area (Å²) in [7, 11) is 0. The maximum Gasteiger partial charge on any atom is 0.135 e. The van der Waals surface area contributed by atoms with Gasteiger partial charge in [-0.2, -0.15) is 0 Å². The third kappa shape index (κ3) is 3.93. The van der Waals surface area contributed by atoms with E-state index in [-0.39, 0.29) is 6.61 Å². The van der Waals surface area contributed by atoms with E-state index in [2.05, 4.69) is 143 Å². The average molecular weight is 812 g/mol. The van der Waals surface area contributed by atoms with Gasteiger partial charge in [0.25, 0.3) is 0 Å². The molecule has 98 valence electrons. The van der Waals surface area contributed by atoms with Gasteiger partial charge in [-0.3, -0.25) is 0 Å². The molecule has 0 aromatic heterocycles. The SMILES string of the molecule is OCC(Br)(Br)C(Br)(Br)C(Br)(Br)C(Br)(Br)CBr. The minimum Gasteiger partial charge on any atom is -0.394 e. The number of halogens is 9. The van der Waals surface area contributed by atoms with Gasteiger partial charge in [0.05, 0.1) is 6.61 Å². The zero-order valence-electron chi connectivity index (χ0n) is 7.26. The van der Waals surface area contributed by atoms with Crippen LogP contribution in [-0.4, -0.2) is 30.0 Å². The molecule has 0 aliphatic heterocycles. The molecule has 0 rings (SSSR count). The number of aliphatic hydroxyl groups excluding tert-OH is 1. The summed E-state index contributed by atoms with van der Waals surface area (Å²) in [5, 5.41) is 10.0. The van der Waals surface area contributed by atoms with Crippen LogP contribution in [0, 0.1) is 0 Å². The number of hydrogen-bond donors (Lipinski definition) is 1. The van der Waals surface area contributed by atoms with E-state index in [1.165, 1.54) is 0 Å². The van der Waals surface area contributed by atoms with Crippen LogP contribution in [0.1, 0.15) is 0 Å². The normalized spacial score (nSPS) is 15.4. The molecule has 0 aliphatic rings. The van der Waals surface area contributed by atoms with Crippen LogP contribution < -0.4 is 0 Å². The average Bonchev–Trinajstić information content (AvgIpc) is 2.16. The first-order valence-electron chi connectivity index (χ1n) is 3.55. The predicted octanol–water partition coefficient (Wildman–Crippen LogP) is 6.32. The van der Waals surface area contributed by atoms with Gasteiger partial charge in [0.1, 0.15) is 12.9 Å². The van der Waals surface area contributed by atoms with E-state index in [0.717, 1.165) is 0 Å². The maximum atomic E-state index is 9.39. The largest absolute Gasteiger partial charge is 0.394 e. The van der Waals surface area contributed by atoms with Crippen molar-refractivity contribution < 1.29 is 5.11 Å². The van der Waals surface area contributed by atoms with Crippen molar-refractivity contribution in [3.63, 3.8) is 0 Å². The smallest absolute Gasteiger partial charge is 0.135 e. The molecule has 0 unspecified atom stereocenters. The van der Waals surface area contributed by atoms with Crippen molar-refractivity contribution in [1.82, 2.24) is 0 Å². The Hall–Kier alpha value is 4.28. The van der Waals surface area contributed by atoms with Crippen molar-refractivity contribution in [2.75, 3.05) is 11.9 Å². The molecule has 1 N–H and O–H groups in total. The van der Waals surface area contributed by atoms with Gasteiger partial charge in [-0.05, 0) is 0 Å². The van der Waals surface area contributed by atoms with E-state index in [1.807, 2.05) is 0 Å². The molecule has 16 heavy (non-hydrogen) atoms. The van der Waals surface area contributed by atoms with E-state index < -0.39 is 12.9 Å². The molecular weight excluding hydrogens is 807 g/mol. The van der Waals surface area contributed by atoms with Gasteiger partial charge in [0.15, 0.2) is 0 Å². The van der Waals surface area contributed by atoms with E-state index in [1.54, 1.807) is 0 Å². The lowest BCUT2D eigenvalue weighted by molar-refractivity contribution is 0.282. The number of alkyl halides is 9. The molecule has 0 aromatic carbocycles. The standard InChI is InChI=1S/C6H5Br9O/c7-1-3(8,9)5(12,13)6(14,15)4(10,11)2-16/h16H,1-2H2. The zero-order valence-corrected chi connectivity index (χ0v) is 21.5. The van der Waals surface area contributed by atoms with E-state index >= 15 is 0 Å². The second-order valence-corrected chi connectivity index (χ2v) is 17.8. The molecule has 0 bridgehead atoms. The highest BCUT2D eigenvalue weighted by Gasteiger charge is 2.64. The van der Waals surface area contributed by atoms with Crippen molar-refractivity contribution in [3.8, 4) is 0 Å².